The molecule has 1 rings (SSSR count). The van der Waals surface area contributed by atoms with Gasteiger partial charge < -0.3 is 10.4 Å². The Morgan fingerprint density at radius 2 is 2.14 bits per heavy atom. The second-order valence-electron chi connectivity index (χ2n) is 4.67. The van der Waals surface area contributed by atoms with E-state index in [1.165, 1.54) is 12.1 Å². The van der Waals surface area contributed by atoms with Crippen molar-refractivity contribution in [3.63, 3.8) is 0 Å². The SMILES string of the molecule is CC(CCC(=O)O)CNC(=O)c1cc([N+](=O)[O-])ccc1Cl. The number of halogens is 1. The zero-order valence-corrected chi connectivity index (χ0v) is 12.1. The Balaban J connectivity index is 2.65. The fourth-order valence-corrected chi connectivity index (χ4v) is 1.84. The highest BCUT2D eigenvalue weighted by Crippen LogP contribution is 2.22. The molecule has 1 amide bonds. The molecule has 0 aliphatic heterocycles. The molecule has 2 N–H and O–H groups in total. The van der Waals surface area contributed by atoms with Gasteiger partial charge in [0.2, 0.25) is 0 Å². The molecule has 0 aromatic heterocycles. The molecule has 0 aliphatic carbocycles. The predicted octanol–water partition coefficient (Wildman–Crippen LogP) is 2.48. The number of aliphatic carboxylic acids is 1. The highest BCUT2D eigenvalue weighted by molar-refractivity contribution is 6.33. The Morgan fingerprint density at radius 1 is 1.48 bits per heavy atom. The van der Waals surface area contributed by atoms with Gasteiger partial charge in [0, 0.05) is 25.1 Å². The van der Waals surface area contributed by atoms with Crippen molar-refractivity contribution in [2.45, 2.75) is 19.8 Å². The first kappa shape index (κ1) is 16.9. The van der Waals surface area contributed by atoms with Crippen LogP contribution in [0.1, 0.15) is 30.1 Å². The largest absolute Gasteiger partial charge is 0.481 e. The highest BCUT2D eigenvalue weighted by atomic mass is 35.5. The average Bonchev–Trinajstić information content (AvgIpc) is 2.42. The summed E-state index contributed by atoms with van der Waals surface area (Å²) in [5, 5.41) is 22.0. The number of carboxylic acids is 1. The first-order valence-corrected chi connectivity index (χ1v) is 6.63. The third-order valence-electron chi connectivity index (χ3n) is 2.87. The van der Waals surface area contributed by atoms with Crippen molar-refractivity contribution >= 4 is 29.2 Å². The first-order valence-electron chi connectivity index (χ1n) is 6.25. The van der Waals surface area contributed by atoms with Gasteiger partial charge in [-0.3, -0.25) is 19.7 Å². The number of nitro benzene ring substituents is 1. The summed E-state index contributed by atoms with van der Waals surface area (Å²) in [6.45, 7) is 2.07. The van der Waals surface area contributed by atoms with E-state index in [0.717, 1.165) is 6.07 Å². The van der Waals surface area contributed by atoms with Gasteiger partial charge in [0.25, 0.3) is 11.6 Å². The lowest BCUT2D eigenvalue weighted by atomic mass is 10.1. The van der Waals surface area contributed by atoms with Crippen molar-refractivity contribution in [3.8, 4) is 0 Å². The van der Waals surface area contributed by atoms with E-state index in [1.54, 1.807) is 6.92 Å². The molecule has 7 nitrogen and oxygen atoms in total. The number of benzene rings is 1. The Hall–Kier alpha value is -2.15. The molecule has 0 radical (unpaired) electrons. The van der Waals surface area contributed by atoms with Crippen LogP contribution in [0.2, 0.25) is 5.02 Å². The number of nitrogens with one attached hydrogen (secondary N) is 1. The average molecular weight is 315 g/mol. The van der Waals surface area contributed by atoms with E-state index < -0.39 is 16.8 Å². The molecule has 0 spiro atoms. The fourth-order valence-electron chi connectivity index (χ4n) is 1.63. The molecule has 1 atom stereocenters. The maximum atomic E-state index is 11.9. The number of carboxylic acid groups (broad SMARTS) is 1. The van der Waals surface area contributed by atoms with Crippen molar-refractivity contribution < 1.29 is 19.6 Å². The third kappa shape index (κ3) is 5.39. The number of hydrogen-bond acceptors (Lipinski definition) is 4. The molecular weight excluding hydrogens is 300 g/mol. The minimum absolute atomic E-state index is 0.0224. The minimum Gasteiger partial charge on any atom is -0.481 e. The van der Waals surface area contributed by atoms with Gasteiger partial charge in [0.15, 0.2) is 0 Å². The number of rotatable bonds is 7. The molecular formula is C13H15ClN2O5. The molecule has 1 aromatic carbocycles. The maximum absolute atomic E-state index is 11.9. The smallest absolute Gasteiger partial charge is 0.303 e. The standard InChI is InChI=1S/C13H15ClN2O5/c1-8(2-5-12(17)18)7-15-13(19)10-6-9(16(20)21)3-4-11(10)14/h3-4,6,8H,2,5,7H2,1H3,(H,15,19)(H,17,18). The summed E-state index contributed by atoms with van der Waals surface area (Å²) >= 11 is 5.85. The van der Waals surface area contributed by atoms with E-state index in [0.29, 0.717) is 6.42 Å². The lowest BCUT2D eigenvalue weighted by molar-refractivity contribution is -0.384. The number of nitrogens with zero attached hydrogens (tertiary/aromatic N) is 1. The van der Waals surface area contributed by atoms with Crippen molar-refractivity contribution in [3.05, 3.63) is 38.9 Å². The lowest BCUT2D eigenvalue weighted by Gasteiger charge is -2.12. The molecule has 0 aliphatic rings. The van der Waals surface area contributed by atoms with Gasteiger partial charge >= 0.3 is 5.97 Å². The summed E-state index contributed by atoms with van der Waals surface area (Å²) in [7, 11) is 0. The van der Waals surface area contributed by atoms with Crippen molar-refractivity contribution in [2.24, 2.45) is 5.92 Å². The van der Waals surface area contributed by atoms with Crippen LogP contribution in [0.4, 0.5) is 5.69 Å². The van der Waals surface area contributed by atoms with Crippen LogP contribution in [-0.2, 0) is 4.79 Å². The number of hydrogen-bond donors (Lipinski definition) is 2. The Kier molecular flexibility index (Phi) is 6.10. The summed E-state index contributed by atoms with van der Waals surface area (Å²) in [6, 6.07) is 3.62. The van der Waals surface area contributed by atoms with E-state index in [-0.39, 0.29) is 35.2 Å². The van der Waals surface area contributed by atoms with Gasteiger partial charge in [-0.05, 0) is 18.4 Å². The second kappa shape index (κ2) is 7.58. The number of carbonyl (C=O) groups excluding carboxylic acids is 1. The molecule has 0 fully saturated rings. The van der Waals surface area contributed by atoms with Crippen LogP contribution in [0.25, 0.3) is 0 Å². The van der Waals surface area contributed by atoms with Crippen LogP contribution < -0.4 is 5.32 Å². The van der Waals surface area contributed by atoms with Gasteiger partial charge in [-0.1, -0.05) is 18.5 Å². The zero-order valence-electron chi connectivity index (χ0n) is 11.3. The number of nitro groups is 1. The molecule has 8 heteroatoms. The maximum Gasteiger partial charge on any atom is 0.303 e. The van der Waals surface area contributed by atoms with E-state index in [1.807, 2.05) is 0 Å². The van der Waals surface area contributed by atoms with Gasteiger partial charge in [-0.2, -0.15) is 0 Å². The van der Waals surface area contributed by atoms with Crippen molar-refractivity contribution in [2.75, 3.05) is 6.54 Å². The molecule has 0 saturated carbocycles. The molecule has 0 bridgehead atoms. The van der Waals surface area contributed by atoms with Crippen LogP contribution in [0.5, 0.6) is 0 Å². The van der Waals surface area contributed by atoms with Crippen LogP contribution in [0, 0.1) is 16.0 Å². The van der Waals surface area contributed by atoms with E-state index in [9.17, 15) is 19.7 Å². The predicted molar refractivity (Wildman–Crippen MR) is 76.5 cm³/mol. The highest BCUT2D eigenvalue weighted by Gasteiger charge is 2.16. The zero-order chi connectivity index (χ0) is 16.0. The minimum atomic E-state index is -0.894. The van der Waals surface area contributed by atoms with Gasteiger partial charge in [0.1, 0.15) is 0 Å². The van der Waals surface area contributed by atoms with E-state index >= 15 is 0 Å². The Bertz CT molecular complexity index is 561. The van der Waals surface area contributed by atoms with Crippen LogP contribution in [0.3, 0.4) is 0 Å². The van der Waals surface area contributed by atoms with Crippen LogP contribution in [-0.4, -0.2) is 28.5 Å². The summed E-state index contributed by atoms with van der Waals surface area (Å²) < 4.78 is 0. The summed E-state index contributed by atoms with van der Waals surface area (Å²) in [5.74, 6) is -1.44. The molecule has 0 saturated heterocycles. The lowest BCUT2D eigenvalue weighted by Crippen LogP contribution is -2.28. The van der Waals surface area contributed by atoms with E-state index in [2.05, 4.69) is 5.32 Å². The van der Waals surface area contributed by atoms with Gasteiger partial charge in [0.05, 0.1) is 15.5 Å². The molecule has 0 heterocycles. The quantitative estimate of drug-likeness (QED) is 0.593. The van der Waals surface area contributed by atoms with E-state index in [4.69, 9.17) is 16.7 Å². The number of amides is 1. The third-order valence-corrected chi connectivity index (χ3v) is 3.20. The second-order valence-corrected chi connectivity index (χ2v) is 5.08. The topological polar surface area (TPSA) is 110 Å². The van der Waals surface area contributed by atoms with Crippen molar-refractivity contribution in [1.29, 1.82) is 0 Å². The van der Waals surface area contributed by atoms with Crippen molar-refractivity contribution in [1.82, 2.24) is 5.32 Å². The Labute approximate surface area is 126 Å². The number of carbonyl (C=O) groups is 2. The summed E-state index contributed by atoms with van der Waals surface area (Å²) in [5.41, 5.74) is -0.195. The molecule has 1 aromatic rings. The van der Waals surface area contributed by atoms with Crippen LogP contribution >= 0.6 is 11.6 Å². The molecule has 1 unspecified atom stereocenters. The van der Waals surface area contributed by atoms with Crippen LogP contribution in [0.15, 0.2) is 18.2 Å². The van der Waals surface area contributed by atoms with Gasteiger partial charge in [-0.15, -0.1) is 0 Å². The number of non-ortho nitro benzene ring substituents is 1. The summed E-state index contributed by atoms with van der Waals surface area (Å²) in [6.07, 6.45) is 0.451. The summed E-state index contributed by atoms with van der Waals surface area (Å²) in [4.78, 5) is 32.5. The Morgan fingerprint density at radius 3 is 2.71 bits per heavy atom. The molecule has 21 heavy (non-hydrogen) atoms. The first-order chi connectivity index (χ1) is 9.81. The van der Waals surface area contributed by atoms with Gasteiger partial charge in [-0.25, -0.2) is 0 Å². The normalized spacial score (nSPS) is 11.7. The fraction of sp³-hybridized carbons (Fsp3) is 0.385. The monoisotopic (exact) mass is 314 g/mol. The molecule has 114 valence electrons.